The van der Waals surface area contributed by atoms with E-state index in [0.717, 1.165) is 22.4 Å². The SMILES string of the molecule is COc1cc(C)c([C@H](C)NC(=O)COc2ccc(C(C)C)cc2)cc1C(C)C. The minimum atomic E-state index is -0.137. The second-order valence-corrected chi connectivity index (χ2v) is 7.91. The van der Waals surface area contributed by atoms with Gasteiger partial charge in [0.05, 0.1) is 13.2 Å². The Hall–Kier alpha value is -2.49. The van der Waals surface area contributed by atoms with Crippen LogP contribution >= 0.6 is 0 Å². The Morgan fingerprint density at radius 1 is 0.964 bits per heavy atom. The predicted octanol–water partition coefficient (Wildman–Crippen LogP) is 5.51. The van der Waals surface area contributed by atoms with Crippen LogP contribution in [-0.4, -0.2) is 19.6 Å². The van der Waals surface area contributed by atoms with Gasteiger partial charge in [-0.1, -0.05) is 39.8 Å². The number of ether oxygens (including phenoxy) is 2. The number of amides is 1. The molecule has 2 rings (SSSR count). The predicted molar refractivity (Wildman–Crippen MR) is 114 cm³/mol. The van der Waals surface area contributed by atoms with Crippen molar-refractivity contribution in [2.75, 3.05) is 13.7 Å². The second kappa shape index (κ2) is 9.63. The number of methoxy groups -OCH3 is 1. The fourth-order valence-corrected chi connectivity index (χ4v) is 3.27. The fraction of sp³-hybridized carbons (Fsp3) is 0.458. The summed E-state index contributed by atoms with van der Waals surface area (Å²) in [6.45, 7) is 12.6. The first kappa shape index (κ1) is 21.8. The van der Waals surface area contributed by atoms with E-state index < -0.39 is 0 Å². The van der Waals surface area contributed by atoms with Gasteiger partial charge in [-0.05, 0) is 72.2 Å². The third-order valence-corrected chi connectivity index (χ3v) is 5.00. The molecule has 0 aliphatic rings. The quantitative estimate of drug-likeness (QED) is 0.654. The molecule has 4 nitrogen and oxygen atoms in total. The molecule has 0 radical (unpaired) electrons. The first-order chi connectivity index (χ1) is 13.2. The average Bonchev–Trinajstić information content (AvgIpc) is 2.65. The number of carbonyl (C=O) groups excluding carboxylic acids is 1. The fourth-order valence-electron chi connectivity index (χ4n) is 3.27. The van der Waals surface area contributed by atoms with E-state index in [1.807, 2.05) is 44.2 Å². The van der Waals surface area contributed by atoms with Crippen molar-refractivity contribution < 1.29 is 14.3 Å². The number of hydrogen-bond donors (Lipinski definition) is 1. The molecule has 0 aromatic heterocycles. The van der Waals surface area contributed by atoms with Gasteiger partial charge in [-0.15, -0.1) is 0 Å². The molecule has 1 atom stereocenters. The van der Waals surface area contributed by atoms with Gasteiger partial charge in [0.15, 0.2) is 6.61 Å². The molecule has 0 saturated heterocycles. The van der Waals surface area contributed by atoms with Crippen molar-refractivity contribution in [3.63, 3.8) is 0 Å². The van der Waals surface area contributed by atoms with Gasteiger partial charge >= 0.3 is 0 Å². The Labute approximate surface area is 169 Å². The van der Waals surface area contributed by atoms with Gasteiger partial charge < -0.3 is 14.8 Å². The summed E-state index contributed by atoms with van der Waals surface area (Å²) in [6.07, 6.45) is 0. The van der Waals surface area contributed by atoms with E-state index in [1.165, 1.54) is 5.56 Å². The van der Waals surface area contributed by atoms with Crippen molar-refractivity contribution >= 4 is 5.91 Å². The van der Waals surface area contributed by atoms with E-state index in [1.54, 1.807) is 7.11 Å². The van der Waals surface area contributed by atoms with Crippen molar-refractivity contribution in [1.82, 2.24) is 5.32 Å². The molecule has 0 spiro atoms. The third-order valence-electron chi connectivity index (χ3n) is 5.00. The molecule has 0 fully saturated rings. The highest BCUT2D eigenvalue weighted by Gasteiger charge is 2.17. The van der Waals surface area contributed by atoms with Gasteiger partial charge in [-0.25, -0.2) is 0 Å². The average molecular weight is 384 g/mol. The lowest BCUT2D eigenvalue weighted by Gasteiger charge is -2.21. The summed E-state index contributed by atoms with van der Waals surface area (Å²) in [4.78, 5) is 12.4. The smallest absolute Gasteiger partial charge is 0.258 e. The van der Waals surface area contributed by atoms with Gasteiger partial charge in [0.25, 0.3) is 5.91 Å². The van der Waals surface area contributed by atoms with Crippen LogP contribution in [0.1, 0.15) is 74.8 Å². The highest BCUT2D eigenvalue weighted by molar-refractivity contribution is 5.78. The summed E-state index contributed by atoms with van der Waals surface area (Å²) in [5, 5.41) is 3.04. The molecule has 28 heavy (non-hydrogen) atoms. The molecule has 2 aromatic rings. The van der Waals surface area contributed by atoms with Gasteiger partial charge in [0.1, 0.15) is 11.5 Å². The lowest BCUT2D eigenvalue weighted by Crippen LogP contribution is -2.31. The minimum absolute atomic E-state index is 0.00238. The summed E-state index contributed by atoms with van der Waals surface area (Å²) in [5.74, 6) is 2.27. The Bertz CT molecular complexity index is 794. The van der Waals surface area contributed by atoms with E-state index in [9.17, 15) is 4.79 Å². The Balaban J connectivity index is 2.01. The minimum Gasteiger partial charge on any atom is -0.496 e. The molecule has 0 unspecified atom stereocenters. The molecule has 1 amide bonds. The van der Waals surface area contributed by atoms with E-state index in [0.29, 0.717) is 17.6 Å². The Morgan fingerprint density at radius 2 is 1.61 bits per heavy atom. The summed E-state index contributed by atoms with van der Waals surface area (Å²) >= 11 is 0. The van der Waals surface area contributed by atoms with Crippen molar-refractivity contribution in [3.05, 3.63) is 58.7 Å². The van der Waals surface area contributed by atoms with Crippen LogP contribution in [0.3, 0.4) is 0 Å². The van der Waals surface area contributed by atoms with Crippen LogP contribution in [-0.2, 0) is 4.79 Å². The number of aryl methyl sites for hydroxylation is 1. The Morgan fingerprint density at radius 3 is 2.14 bits per heavy atom. The van der Waals surface area contributed by atoms with Crippen LogP contribution in [0.25, 0.3) is 0 Å². The maximum Gasteiger partial charge on any atom is 0.258 e. The molecule has 0 aliphatic heterocycles. The lowest BCUT2D eigenvalue weighted by molar-refractivity contribution is -0.123. The summed E-state index contributed by atoms with van der Waals surface area (Å²) in [7, 11) is 1.69. The van der Waals surface area contributed by atoms with Gasteiger partial charge in [-0.3, -0.25) is 4.79 Å². The molecular weight excluding hydrogens is 350 g/mol. The number of nitrogens with one attached hydrogen (secondary N) is 1. The van der Waals surface area contributed by atoms with E-state index in [2.05, 4.69) is 39.1 Å². The van der Waals surface area contributed by atoms with Crippen LogP contribution in [0.4, 0.5) is 0 Å². The maximum absolute atomic E-state index is 12.4. The van der Waals surface area contributed by atoms with E-state index in [4.69, 9.17) is 9.47 Å². The highest BCUT2D eigenvalue weighted by atomic mass is 16.5. The first-order valence-electron chi connectivity index (χ1n) is 9.93. The summed E-state index contributed by atoms with van der Waals surface area (Å²) in [5.41, 5.74) is 4.59. The van der Waals surface area contributed by atoms with Gasteiger partial charge in [0.2, 0.25) is 0 Å². The van der Waals surface area contributed by atoms with Crippen LogP contribution < -0.4 is 14.8 Å². The third kappa shape index (κ3) is 5.51. The number of benzene rings is 2. The number of hydrogen-bond acceptors (Lipinski definition) is 3. The zero-order valence-electron chi connectivity index (χ0n) is 18.1. The molecule has 4 heteroatoms. The van der Waals surface area contributed by atoms with Gasteiger partial charge in [-0.2, -0.15) is 0 Å². The number of rotatable bonds is 8. The Kier molecular flexibility index (Phi) is 7.50. The zero-order chi connectivity index (χ0) is 20.8. The zero-order valence-corrected chi connectivity index (χ0v) is 18.1. The van der Waals surface area contributed by atoms with Crippen LogP contribution in [0.2, 0.25) is 0 Å². The molecule has 0 saturated carbocycles. The molecule has 2 aromatic carbocycles. The summed E-state index contributed by atoms with van der Waals surface area (Å²) in [6, 6.07) is 12.0. The van der Waals surface area contributed by atoms with Gasteiger partial charge in [0, 0.05) is 0 Å². The van der Waals surface area contributed by atoms with Crippen molar-refractivity contribution in [1.29, 1.82) is 0 Å². The molecule has 0 bridgehead atoms. The van der Waals surface area contributed by atoms with Crippen LogP contribution in [0, 0.1) is 6.92 Å². The van der Waals surface area contributed by atoms with Crippen LogP contribution in [0.15, 0.2) is 36.4 Å². The molecule has 1 N–H and O–H groups in total. The molecule has 0 aliphatic carbocycles. The van der Waals surface area contributed by atoms with Crippen LogP contribution in [0.5, 0.6) is 11.5 Å². The number of carbonyl (C=O) groups is 1. The highest BCUT2D eigenvalue weighted by Crippen LogP contribution is 2.32. The summed E-state index contributed by atoms with van der Waals surface area (Å²) < 4.78 is 11.1. The van der Waals surface area contributed by atoms with Crippen molar-refractivity contribution in [3.8, 4) is 11.5 Å². The standard InChI is InChI=1S/C24H33NO3/c1-15(2)19-8-10-20(11-9-19)28-14-24(26)25-18(6)22-13-21(16(3)4)23(27-7)12-17(22)5/h8-13,15-16,18H,14H2,1-7H3,(H,25,26)/t18-/m0/s1. The van der Waals surface area contributed by atoms with Crippen molar-refractivity contribution in [2.45, 2.75) is 59.4 Å². The maximum atomic E-state index is 12.4. The first-order valence-corrected chi connectivity index (χ1v) is 9.93. The van der Waals surface area contributed by atoms with E-state index >= 15 is 0 Å². The topological polar surface area (TPSA) is 47.6 Å². The monoisotopic (exact) mass is 383 g/mol. The molecular formula is C24H33NO3. The lowest BCUT2D eigenvalue weighted by atomic mass is 9.93. The molecule has 152 valence electrons. The normalized spacial score (nSPS) is 12.2. The second-order valence-electron chi connectivity index (χ2n) is 7.91. The largest absolute Gasteiger partial charge is 0.496 e. The molecule has 0 heterocycles. The van der Waals surface area contributed by atoms with E-state index in [-0.39, 0.29) is 18.6 Å². The van der Waals surface area contributed by atoms with Crippen molar-refractivity contribution in [2.24, 2.45) is 0 Å².